The number of aliphatic hydroxyl groups is 2. The van der Waals surface area contributed by atoms with Crippen molar-refractivity contribution in [2.75, 3.05) is 20.8 Å². The molecule has 3 heteroatoms. The highest BCUT2D eigenvalue weighted by molar-refractivity contribution is 4.51. The molecule has 0 heterocycles. The first-order valence-electron chi connectivity index (χ1n) is 3.36. The van der Waals surface area contributed by atoms with Crippen LogP contribution in [0.2, 0.25) is 0 Å². The number of aliphatic hydroxyl groups excluding tert-OH is 2. The van der Waals surface area contributed by atoms with Gasteiger partial charge in [0.2, 0.25) is 0 Å². The lowest BCUT2D eigenvalue weighted by atomic mass is 10.5. The molecule has 0 aliphatic carbocycles. The zero-order valence-electron chi connectivity index (χ0n) is 7.87. The average Bonchev–Trinajstić information content (AvgIpc) is 1.91. The molecule has 0 fully saturated rings. The first-order valence-corrected chi connectivity index (χ1v) is 3.36. The second-order valence-corrected chi connectivity index (χ2v) is 1.85. The third kappa shape index (κ3) is 213. The summed E-state index contributed by atoms with van der Waals surface area (Å²) < 4.78 is 4.25. The lowest BCUT2D eigenvalue weighted by molar-refractivity contribution is 0.110. The van der Waals surface area contributed by atoms with Crippen molar-refractivity contribution in [3.63, 3.8) is 0 Å². The molecule has 2 N–H and O–H groups in total. The van der Waals surface area contributed by atoms with E-state index in [2.05, 4.69) is 11.3 Å². The maximum atomic E-state index is 8.11. The molecule has 70 valence electrons. The summed E-state index contributed by atoms with van der Waals surface area (Å²) in [6, 6.07) is 0. The van der Waals surface area contributed by atoms with Gasteiger partial charge in [-0.2, -0.15) is 0 Å². The molecular weight excluding hydrogens is 144 g/mol. The summed E-state index contributed by atoms with van der Waals surface area (Å²) in [7, 11) is 3.25. The van der Waals surface area contributed by atoms with Crippen LogP contribution in [0.5, 0.6) is 0 Å². The number of rotatable bonds is 1. The van der Waals surface area contributed by atoms with E-state index in [4.69, 9.17) is 10.2 Å². The maximum Gasteiger partial charge on any atom is 0.0742 e. The lowest BCUT2D eigenvalue weighted by Crippen LogP contribution is -2.03. The van der Waals surface area contributed by atoms with E-state index >= 15 is 0 Å². The van der Waals surface area contributed by atoms with Crippen molar-refractivity contribution in [1.82, 2.24) is 0 Å². The average molecular weight is 164 g/mol. The predicted molar refractivity (Wildman–Crippen MR) is 47.6 cm³/mol. The topological polar surface area (TPSA) is 49.7 Å². The van der Waals surface area contributed by atoms with Crippen LogP contribution >= 0.6 is 0 Å². The Bertz CT molecular complexity index is 53.3. The van der Waals surface area contributed by atoms with Crippen LogP contribution in [-0.2, 0) is 4.74 Å². The molecule has 0 aromatic carbocycles. The second kappa shape index (κ2) is 22.6. The normalized spacial score (nSPS) is 9.64. The van der Waals surface area contributed by atoms with E-state index in [0.29, 0.717) is 0 Å². The molecule has 0 aromatic heterocycles. The summed E-state index contributed by atoms with van der Waals surface area (Å²) in [5, 5.41) is 16.0. The fourth-order valence-electron chi connectivity index (χ4n) is 0. The van der Waals surface area contributed by atoms with Gasteiger partial charge in [0.15, 0.2) is 0 Å². The van der Waals surface area contributed by atoms with Crippen LogP contribution in [0.25, 0.3) is 0 Å². The fourth-order valence-corrected chi connectivity index (χ4v) is 0. The number of ether oxygens (including phenoxy) is 1. The lowest BCUT2D eigenvalue weighted by Gasteiger charge is -1.90. The largest absolute Gasteiger partial charge is 0.394 e. The molecular formula is C8H20O3. The van der Waals surface area contributed by atoms with Gasteiger partial charge in [-0.3, -0.25) is 0 Å². The highest BCUT2D eigenvalue weighted by Crippen LogP contribution is 1.68. The molecule has 0 radical (unpaired) electrons. The van der Waals surface area contributed by atoms with Crippen LogP contribution in [0.3, 0.4) is 0 Å². The van der Waals surface area contributed by atoms with E-state index in [-0.39, 0.29) is 6.61 Å². The van der Waals surface area contributed by atoms with Gasteiger partial charge in [-0.1, -0.05) is 6.08 Å². The molecule has 0 spiro atoms. The second-order valence-electron chi connectivity index (χ2n) is 1.85. The number of methoxy groups -OCH3 is 1. The quantitative estimate of drug-likeness (QED) is 0.564. The predicted octanol–water partition coefficient (Wildman–Crippen LogP) is 0.814. The Balaban J connectivity index is -0.0000000933. The van der Waals surface area contributed by atoms with E-state index < -0.39 is 6.10 Å². The van der Waals surface area contributed by atoms with Crippen LogP contribution in [-0.4, -0.2) is 37.1 Å². The zero-order chi connectivity index (χ0) is 9.70. The minimum atomic E-state index is -0.560. The minimum absolute atomic E-state index is 0.139. The number of hydrogen-bond donors (Lipinski definition) is 2. The smallest absolute Gasteiger partial charge is 0.0742 e. The standard InChI is InChI=1S/C3H8O2.C3H6.C2H6O/c1-3(5)2-4;2*1-3-2/h3-5H,2H2,1H3;3H,1H2,2H3;1-2H3. The van der Waals surface area contributed by atoms with Crippen molar-refractivity contribution in [1.29, 1.82) is 0 Å². The van der Waals surface area contributed by atoms with Gasteiger partial charge >= 0.3 is 0 Å². The third-order valence-corrected chi connectivity index (χ3v) is 0.264. The van der Waals surface area contributed by atoms with Crippen LogP contribution in [0, 0.1) is 0 Å². The van der Waals surface area contributed by atoms with Crippen molar-refractivity contribution in [2.24, 2.45) is 0 Å². The first kappa shape index (κ1) is 16.9. The fraction of sp³-hybridized carbons (Fsp3) is 0.750. The van der Waals surface area contributed by atoms with Gasteiger partial charge in [-0.05, 0) is 13.8 Å². The van der Waals surface area contributed by atoms with Crippen molar-refractivity contribution < 1.29 is 14.9 Å². The Morgan fingerprint density at radius 3 is 1.64 bits per heavy atom. The molecule has 0 aromatic rings. The molecule has 11 heavy (non-hydrogen) atoms. The summed E-state index contributed by atoms with van der Waals surface area (Å²) in [5.74, 6) is 0. The van der Waals surface area contributed by atoms with E-state index in [1.165, 1.54) is 6.92 Å². The van der Waals surface area contributed by atoms with Crippen molar-refractivity contribution in [3.05, 3.63) is 12.7 Å². The highest BCUT2D eigenvalue weighted by atomic mass is 16.4. The van der Waals surface area contributed by atoms with Gasteiger partial charge in [-0.15, -0.1) is 6.58 Å². The molecule has 0 saturated heterocycles. The summed E-state index contributed by atoms with van der Waals surface area (Å²) in [4.78, 5) is 0. The number of hydrogen-bond acceptors (Lipinski definition) is 3. The summed E-state index contributed by atoms with van der Waals surface area (Å²) in [6.45, 7) is 6.64. The first-order chi connectivity index (χ1) is 5.10. The molecule has 0 rings (SSSR count). The molecule has 0 bridgehead atoms. The van der Waals surface area contributed by atoms with Crippen LogP contribution in [0.4, 0.5) is 0 Å². The van der Waals surface area contributed by atoms with Crippen LogP contribution in [0.1, 0.15) is 13.8 Å². The Morgan fingerprint density at radius 2 is 1.64 bits per heavy atom. The summed E-state index contributed by atoms with van der Waals surface area (Å²) >= 11 is 0. The van der Waals surface area contributed by atoms with E-state index in [9.17, 15) is 0 Å². The molecule has 0 aliphatic heterocycles. The third-order valence-electron chi connectivity index (χ3n) is 0.264. The summed E-state index contributed by atoms with van der Waals surface area (Å²) in [6.07, 6.45) is 1.19. The maximum absolute atomic E-state index is 8.11. The van der Waals surface area contributed by atoms with Gasteiger partial charge < -0.3 is 14.9 Å². The SMILES string of the molecule is C=CC.CC(O)CO.COC. The molecule has 0 amide bonds. The Morgan fingerprint density at radius 1 is 1.55 bits per heavy atom. The number of allylic oxidation sites excluding steroid dienone is 1. The molecule has 0 saturated carbocycles. The highest BCUT2D eigenvalue weighted by Gasteiger charge is 1.83. The Hall–Kier alpha value is -0.380. The Labute approximate surface area is 69.3 Å². The van der Waals surface area contributed by atoms with Gasteiger partial charge in [0, 0.05) is 14.2 Å². The van der Waals surface area contributed by atoms with Gasteiger partial charge in [0.1, 0.15) is 0 Å². The molecule has 0 aliphatic rings. The minimum Gasteiger partial charge on any atom is -0.394 e. The van der Waals surface area contributed by atoms with Gasteiger partial charge in [0.25, 0.3) is 0 Å². The van der Waals surface area contributed by atoms with Crippen molar-refractivity contribution in [3.8, 4) is 0 Å². The van der Waals surface area contributed by atoms with E-state index in [0.717, 1.165) is 0 Å². The van der Waals surface area contributed by atoms with E-state index in [1.807, 2.05) is 6.92 Å². The van der Waals surface area contributed by atoms with Gasteiger partial charge in [0.05, 0.1) is 12.7 Å². The molecule has 1 unspecified atom stereocenters. The van der Waals surface area contributed by atoms with Crippen LogP contribution in [0.15, 0.2) is 12.7 Å². The monoisotopic (exact) mass is 164 g/mol. The van der Waals surface area contributed by atoms with E-state index in [1.54, 1.807) is 20.3 Å². The van der Waals surface area contributed by atoms with Crippen molar-refractivity contribution in [2.45, 2.75) is 20.0 Å². The van der Waals surface area contributed by atoms with Crippen molar-refractivity contribution >= 4 is 0 Å². The van der Waals surface area contributed by atoms with Crippen LogP contribution < -0.4 is 0 Å². The molecule has 1 atom stereocenters. The zero-order valence-corrected chi connectivity index (χ0v) is 7.87. The summed E-state index contributed by atoms with van der Waals surface area (Å²) in [5.41, 5.74) is 0. The Kier molecular flexibility index (Phi) is 34.8. The molecule has 3 nitrogen and oxygen atoms in total. The van der Waals surface area contributed by atoms with Gasteiger partial charge in [-0.25, -0.2) is 0 Å².